The summed E-state index contributed by atoms with van der Waals surface area (Å²) in [6, 6.07) is 0. The first-order chi connectivity index (χ1) is 9.98. The van der Waals surface area contributed by atoms with E-state index in [-0.39, 0.29) is 5.91 Å². The lowest BCUT2D eigenvalue weighted by Gasteiger charge is -2.25. The summed E-state index contributed by atoms with van der Waals surface area (Å²) in [6.45, 7) is 10.7. The van der Waals surface area contributed by atoms with E-state index < -0.39 is 0 Å². The smallest absolute Gasteiger partial charge is 0.267 e. The van der Waals surface area contributed by atoms with Gasteiger partial charge in [0.05, 0.1) is 0 Å². The molecule has 1 aromatic rings. The molecule has 1 aromatic heterocycles. The highest BCUT2D eigenvalue weighted by atomic mass is 32.1. The van der Waals surface area contributed by atoms with Crippen LogP contribution in [0.5, 0.6) is 0 Å². The molecule has 0 saturated heterocycles. The number of anilines is 2. The molecule has 0 fully saturated rings. The molecule has 1 amide bonds. The molecular weight excluding hydrogens is 284 g/mol. The van der Waals surface area contributed by atoms with Crippen molar-refractivity contribution in [3.8, 4) is 0 Å². The second-order valence-corrected chi connectivity index (χ2v) is 6.23. The number of nitrogens with two attached hydrogens (primary N) is 1. The molecule has 0 radical (unpaired) electrons. The van der Waals surface area contributed by atoms with Crippen molar-refractivity contribution in [2.45, 2.75) is 40.5 Å². The average molecular weight is 312 g/mol. The number of hydrogen-bond acceptors (Lipinski definition) is 5. The number of amides is 1. The van der Waals surface area contributed by atoms with Gasteiger partial charge in [0.1, 0.15) is 10.7 Å². The fourth-order valence-corrected chi connectivity index (χ4v) is 3.11. The van der Waals surface area contributed by atoms with Gasteiger partial charge in [0, 0.05) is 26.7 Å². The molecule has 1 rings (SSSR count). The number of carbonyl (C=O) groups is 1. The van der Waals surface area contributed by atoms with Crippen molar-refractivity contribution in [2.75, 3.05) is 37.3 Å². The number of hydrogen-bond donors (Lipinski definition) is 1. The molecule has 1 heterocycles. The highest BCUT2D eigenvalue weighted by Gasteiger charge is 2.23. The molecule has 0 aromatic carbocycles. The van der Waals surface area contributed by atoms with E-state index in [0.717, 1.165) is 31.1 Å². The minimum atomic E-state index is 0.00940. The van der Waals surface area contributed by atoms with Gasteiger partial charge >= 0.3 is 0 Å². The summed E-state index contributed by atoms with van der Waals surface area (Å²) in [6.07, 6.45) is 2.17. The van der Waals surface area contributed by atoms with E-state index in [4.69, 9.17) is 5.73 Å². The van der Waals surface area contributed by atoms with Crippen LogP contribution in [0.4, 0.5) is 10.9 Å². The van der Waals surface area contributed by atoms with Gasteiger partial charge in [-0.15, -0.1) is 0 Å². The highest BCUT2D eigenvalue weighted by molar-refractivity contribution is 7.18. The Morgan fingerprint density at radius 2 is 1.86 bits per heavy atom. The van der Waals surface area contributed by atoms with Crippen molar-refractivity contribution in [2.24, 2.45) is 5.92 Å². The molecular formula is C15H28N4OS. The van der Waals surface area contributed by atoms with Gasteiger partial charge in [0.25, 0.3) is 5.91 Å². The second kappa shape index (κ2) is 8.22. The number of thiazole rings is 1. The van der Waals surface area contributed by atoms with Gasteiger partial charge in [-0.25, -0.2) is 4.98 Å². The van der Waals surface area contributed by atoms with Crippen LogP contribution in [0, 0.1) is 5.92 Å². The number of nitrogens with zero attached hydrogens (tertiary/aromatic N) is 3. The van der Waals surface area contributed by atoms with Crippen LogP contribution in [0.25, 0.3) is 0 Å². The topological polar surface area (TPSA) is 62.5 Å². The first kappa shape index (κ1) is 17.8. The number of rotatable bonds is 8. The summed E-state index contributed by atoms with van der Waals surface area (Å²) in [5, 5.41) is 0.803. The van der Waals surface area contributed by atoms with Gasteiger partial charge < -0.3 is 15.5 Å². The maximum atomic E-state index is 12.7. The molecule has 0 bridgehead atoms. The SMILES string of the molecule is CCC(CC)CN(CC)C(=O)c1sc(N(C)CC)nc1N. The number of aromatic nitrogens is 1. The van der Waals surface area contributed by atoms with Crippen molar-refractivity contribution in [1.82, 2.24) is 9.88 Å². The number of carbonyl (C=O) groups excluding carboxylic acids is 1. The molecule has 0 atom stereocenters. The molecule has 21 heavy (non-hydrogen) atoms. The molecule has 0 unspecified atom stereocenters. The van der Waals surface area contributed by atoms with Crippen molar-refractivity contribution in [3.63, 3.8) is 0 Å². The second-order valence-electron chi connectivity index (χ2n) is 5.25. The lowest BCUT2D eigenvalue weighted by atomic mass is 10.0. The summed E-state index contributed by atoms with van der Waals surface area (Å²) in [5.74, 6) is 0.902. The predicted octanol–water partition coefficient (Wildman–Crippen LogP) is 3.08. The Balaban J connectivity index is 2.92. The fourth-order valence-electron chi connectivity index (χ4n) is 2.13. The van der Waals surface area contributed by atoms with E-state index in [1.54, 1.807) is 0 Å². The van der Waals surface area contributed by atoms with Crippen molar-refractivity contribution in [3.05, 3.63) is 4.88 Å². The summed E-state index contributed by atoms with van der Waals surface area (Å²) in [4.78, 5) is 21.4. The third kappa shape index (κ3) is 4.33. The van der Waals surface area contributed by atoms with Gasteiger partial charge in [-0.3, -0.25) is 4.79 Å². The minimum Gasteiger partial charge on any atom is -0.382 e. The largest absolute Gasteiger partial charge is 0.382 e. The Morgan fingerprint density at radius 3 is 2.33 bits per heavy atom. The summed E-state index contributed by atoms with van der Waals surface area (Å²) < 4.78 is 0. The molecule has 120 valence electrons. The molecule has 6 heteroatoms. The van der Waals surface area contributed by atoms with Gasteiger partial charge in [-0.05, 0) is 19.8 Å². The average Bonchev–Trinajstić information content (AvgIpc) is 2.89. The van der Waals surface area contributed by atoms with Crippen LogP contribution in [0.3, 0.4) is 0 Å². The summed E-state index contributed by atoms with van der Waals surface area (Å²) in [5.41, 5.74) is 5.95. The van der Waals surface area contributed by atoms with Crippen LogP contribution >= 0.6 is 11.3 Å². The molecule has 0 aliphatic heterocycles. The van der Waals surface area contributed by atoms with Crippen molar-refractivity contribution < 1.29 is 4.79 Å². The van der Waals surface area contributed by atoms with Crippen LogP contribution in [0.1, 0.15) is 50.2 Å². The Morgan fingerprint density at radius 1 is 1.24 bits per heavy atom. The lowest BCUT2D eigenvalue weighted by molar-refractivity contribution is 0.0740. The van der Waals surface area contributed by atoms with Gasteiger partial charge in [-0.1, -0.05) is 38.0 Å². The van der Waals surface area contributed by atoms with Crippen LogP contribution in [0.15, 0.2) is 0 Å². The van der Waals surface area contributed by atoms with Crippen LogP contribution in [-0.4, -0.2) is 42.5 Å². The third-order valence-corrected chi connectivity index (χ3v) is 5.11. The predicted molar refractivity (Wildman–Crippen MR) is 91.1 cm³/mol. The minimum absolute atomic E-state index is 0.00940. The molecule has 0 spiro atoms. The summed E-state index contributed by atoms with van der Waals surface area (Å²) >= 11 is 1.38. The zero-order valence-corrected chi connectivity index (χ0v) is 14.7. The fraction of sp³-hybridized carbons (Fsp3) is 0.733. The zero-order valence-electron chi connectivity index (χ0n) is 13.8. The van der Waals surface area contributed by atoms with Gasteiger partial charge in [-0.2, -0.15) is 0 Å². The Kier molecular flexibility index (Phi) is 6.95. The van der Waals surface area contributed by atoms with Crippen molar-refractivity contribution in [1.29, 1.82) is 0 Å². The highest BCUT2D eigenvalue weighted by Crippen LogP contribution is 2.28. The Labute approximate surface area is 132 Å². The normalized spacial score (nSPS) is 11.0. The third-order valence-electron chi connectivity index (χ3n) is 3.94. The first-order valence-corrected chi connectivity index (χ1v) is 8.56. The van der Waals surface area contributed by atoms with E-state index in [9.17, 15) is 4.79 Å². The maximum Gasteiger partial charge on any atom is 0.267 e. The Hall–Kier alpha value is -1.30. The summed E-state index contributed by atoms with van der Waals surface area (Å²) in [7, 11) is 1.95. The molecule has 0 saturated carbocycles. The number of nitrogen functional groups attached to an aromatic ring is 1. The first-order valence-electron chi connectivity index (χ1n) is 7.74. The Bertz CT molecular complexity index is 457. The van der Waals surface area contributed by atoms with Crippen LogP contribution in [-0.2, 0) is 0 Å². The van der Waals surface area contributed by atoms with E-state index in [2.05, 4.69) is 18.8 Å². The van der Waals surface area contributed by atoms with E-state index in [1.165, 1.54) is 11.3 Å². The van der Waals surface area contributed by atoms with E-state index in [0.29, 0.717) is 23.2 Å². The monoisotopic (exact) mass is 312 g/mol. The molecule has 2 N–H and O–H groups in total. The standard InChI is InChI=1S/C15H28N4OS/c1-6-11(7-2)10-19(9-4)14(20)12-13(16)17-15(21-12)18(5)8-3/h11H,6-10,16H2,1-5H3. The molecule has 5 nitrogen and oxygen atoms in total. The lowest BCUT2D eigenvalue weighted by Crippen LogP contribution is -2.35. The van der Waals surface area contributed by atoms with Gasteiger partial charge in [0.15, 0.2) is 5.13 Å². The molecule has 0 aliphatic carbocycles. The van der Waals surface area contributed by atoms with E-state index >= 15 is 0 Å². The van der Waals surface area contributed by atoms with Crippen LogP contribution < -0.4 is 10.6 Å². The van der Waals surface area contributed by atoms with E-state index in [1.807, 2.05) is 30.7 Å². The van der Waals surface area contributed by atoms with Crippen molar-refractivity contribution >= 4 is 28.2 Å². The zero-order chi connectivity index (χ0) is 16.0. The maximum absolute atomic E-state index is 12.7. The quantitative estimate of drug-likeness (QED) is 0.801. The van der Waals surface area contributed by atoms with Gasteiger partial charge in [0.2, 0.25) is 0 Å². The molecule has 0 aliphatic rings. The van der Waals surface area contributed by atoms with Crippen LogP contribution in [0.2, 0.25) is 0 Å².